The van der Waals surface area contributed by atoms with Gasteiger partial charge in [0, 0.05) is 6.54 Å². The average Bonchev–Trinajstić information content (AvgIpc) is 2.46. The predicted molar refractivity (Wildman–Crippen MR) is 82.7 cm³/mol. The zero-order valence-corrected chi connectivity index (χ0v) is 12.9. The Morgan fingerprint density at radius 1 is 1.00 bits per heavy atom. The molecule has 2 aromatic rings. The first-order valence-electron chi connectivity index (χ1n) is 6.76. The summed E-state index contributed by atoms with van der Waals surface area (Å²) in [5.74, 6) is 0.492. The minimum atomic E-state index is -3.56. The van der Waals surface area contributed by atoms with E-state index in [1.54, 1.807) is 0 Å². The molecular formula is C16H19NO3S. The van der Waals surface area contributed by atoms with Crippen LogP contribution in [0.25, 0.3) is 0 Å². The van der Waals surface area contributed by atoms with Crippen molar-refractivity contribution in [3.05, 3.63) is 59.7 Å². The third-order valence-corrected chi connectivity index (χ3v) is 4.68. The maximum Gasteiger partial charge on any atom is 0.240 e. The monoisotopic (exact) mass is 305 g/mol. The zero-order valence-electron chi connectivity index (χ0n) is 12.1. The van der Waals surface area contributed by atoms with E-state index in [0.717, 1.165) is 5.56 Å². The van der Waals surface area contributed by atoms with Crippen LogP contribution in [0, 0.1) is 0 Å². The van der Waals surface area contributed by atoms with Crippen molar-refractivity contribution in [1.29, 1.82) is 0 Å². The van der Waals surface area contributed by atoms with E-state index < -0.39 is 10.0 Å². The van der Waals surface area contributed by atoms with Gasteiger partial charge >= 0.3 is 0 Å². The van der Waals surface area contributed by atoms with Crippen LogP contribution in [0.4, 0.5) is 0 Å². The van der Waals surface area contributed by atoms with Crippen molar-refractivity contribution >= 4 is 10.0 Å². The average molecular weight is 305 g/mol. The molecule has 21 heavy (non-hydrogen) atoms. The van der Waals surface area contributed by atoms with Gasteiger partial charge in [0.1, 0.15) is 5.75 Å². The van der Waals surface area contributed by atoms with Crippen molar-refractivity contribution in [3.8, 4) is 5.75 Å². The maximum absolute atomic E-state index is 12.1. The molecule has 2 rings (SSSR count). The molecule has 0 aliphatic heterocycles. The number of sulfonamides is 1. The van der Waals surface area contributed by atoms with Crippen molar-refractivity contribution in [2.45, 2.75) is 31.2 Å². The van der Waals surface area contributed by atoms with Gasteiger partial charge < -0.3 is 5.11 Å². The molecule has 0 unspecified atom stereocenters. The van der Waals surface area contributed by atoms with Crippen molar-refractivity contribution < 1.29 is 13.5 Å². The second kappa shape index (κ2) is 6.28. The molecule has 0 aliphatic rings. The summed E-state index contributed by atoms with van der Waals surface area (Å²) >= 11 is 0. The lowest BCUT2D eigenvalue weighted by Crippen LogP contribution is -2.23. The van der Waals surface area contributed by atoms with E-state index in [4.69, 9.17) is 0 Å². The first-order valence-corrected chi connectivity index (χ1v) is 8.24. The van der Waals surface area contributed by atoms with Crippen molar-refractivity contribution in [3.63, 3.8) is 0 Å². The first-order chi connectivity index (χ1) is 9.88. The Morgan fingerprint density at radius 3 is 2.10 bits per heavy atom. The van der Waals surface area contributed by atoms with Gasteiger partial charge in [-0.15, -0.1) is 0 Å². The highest BCUT2D eigenvalue weighted by Gasteiger charge is 2.13. The molecule has 112 valence electrons. The van der Waals surface area contributed by atoms with Gasteiger partial charge in [-0.25, -0.2) is 13.1 Å². The molecule has 0 aliphatic carbocycles. The van der Waals surface area contributed by atoms with Crippen LogP contribution in [-0.2, 0) is 16.6 Å². The van der Waals surface area contributed by atoms with Crippen LogP contribution in [0.15, 0.2) is 53.4 Å². The summed E-state index contributed by atoms with van der Waals surface area (Å²) in [7, 11) is -3.56. The molecule has 2 aromatic carbocycles. The number of phenols is 1. The Kier molecular flexibility index (Phi) is 4.65. The van der Waals surface area contributed by atoms with Crippen LogP contribution < -0.4 is 4.72 Å². The minimum absolute atomic E-state index is 0.0400. The van der Waals surface area contributed by atoms with Crippen LogP contribution in [0.3, 0.4) is 0 Å². The summed E-state index contributed by atoms with van der Waals surface area (Å²) in [6.07, 6.45) is 0. The molecule has 4 nitrogen and oxygen atoms in total. The highest BCUT2D eigenvalue weighted by Crippen LogP contribution is 2.16. The predicted octanol–water partition coefficient (Wildman–Crippen LogP) is 2.99. The smallest absolute Gasteiger partial charge is 0.240 e. The zero-order chi connectivity index (χ0) is 15.5. The topological polar surface area (TPSA) is 66.4 Å². The number of phenolic OH excluding ortho intramolecular Hbond substituents is 1. The molecule has 0 saturated heterocycles. The summed E-state index contributed by atoms with van der Waals surface area (Å²) in [5.41, 5.74) is 2.13. The summed E-state index contributed by atoms with van der Waals surface area (Å²) in [4.78, 5) is 0.138. The minimum Gasteiger partial charge on any atom is -0.508 e. The van der Waals surface area contributed by atoms with E-state index in [0.29, 0.717) is 5.92 Å². The molecular weight excluding hydrogens is 286 g/mol. The van der Waals surface area contributed by atoms with Gasteiger partial charge in [-0.3, -0.25) is 0 Å². The Bertz CT molecular complexity index is 689. The van der Waals surface area contributed by atoms with Gasteiger partial charge in [0.2, 0.25) is 10.0 Å². The molecule has 0 amide bonds. The van der Waals surface area contributed by atoms with Crippen molar-refractivity contribution in [2.75, 3.05) is 0 Å². The summed E-state index contributed by atoms with van der Waals surface area (Å²) in [5, 5.41) is 9.19. The quantitative estimate of drug-likeness (QED) is 0.892. The van der Waals surface area contributed by atoms with Gasteiger partial charge in [-0.2, -0.15) is 0 Å². The molecule has 0 heterocycles. The number of hydrogen-bond donors (Lipinski definition) is 2. The van der Waals surface area contributed by atoms with E-state index in [1.165, 1.54) is 29.8 Å². The van der Waals surface area contributed by atoms with Crippen molar-refractivity contribution in [1.82, 2.24) is 4.72 Å². The molecule has 0 saturated carbocycles. The second-order valence-corrected chi connectivity index (χ2v) is 6.98. The summed E-state index contributed by atoms with van der Waals surface area (Å²) < 4.78 is 26.7. The maximum atomic E-state index is 12.1. The van der Waals surface area contributed by atoms with Crippen LogP contribution >= 0.6 is 0 Å². The Hall–Kier alpha value is -1.85. The largest absolute Gasteiger partial charge is 0.508 e. The van der Waals surface area contributed by atoms with E-state index in [1.807, 2.05) is 24.3 Å². The van der Waals surface area contributed by atoms with Gasteiger partial charge in [0.05, 0.1) is 4.90 Å². The number of nitrogens with one attached hydrogen (secondary N) is 1. The molecule has 0 bridgehead atoms. The van der Waals surface area contributed by atoms with Gasteiger partial charge in [0.25, 0.3) is 0 Å². The molecule has 0 fully saturated rings. The lowest BCUT2D eigenvalue weighted by atomic mass is 10.0. The van der Waals surface area contributed by atoms with E-state index in [9.17, 15) is 13.5 Å². The highest BCUT2D eigenvalue weighted by atomic mass is 32.2. The van der Waals surface area contributed by atoms with Crippen LogP contribution in [-0.4, -0.2) is 13.5 Å². The Morgan fingerprint density at radius 2 is 1.57 bits per heavy atom. The molecule has 0 radical (unpaired) electrons. The molecule has 0 aromatic heterocycles. The lowest BCUT2D eigenvalue weighted by Gasteiger charge is -2.09. The third-order valence-electron chi connectivity index (χ3n) is 3.26. The van der Waals surface area contributed by atoms with Gasteiger partial charge in [0.15, 0.2) is 0 Å². The van der Waals surface area contributed by atoms with Gasteiger partial charge in [-0.05, 0) is 41.3 Å². The number of rotatable bonds is 5. The summed E-state index contributed by atoms with van der Waals surface area (Å²) in [6.45, 7) is 4.46. The fourth-order valence-electron chi connectivity index (χ4n) is 1.91. The van der Waals surface area contributed by atoms with Crippen LogP contribution in [0.1, 0.15) is 30.9 Å². The van der Waals surface area contributed by atoms with Crippen molar-refractivity contribution in [2.24, 2.45) is 0 Å². The fraction of sp³-hybridized carbons (Fsp3) is 0.250. The Labute approximate surface area is 125 Å². The molecule has 0 atom stereocenters. The molecule has 2 N–H and O–H groups in total. The number of benzene rings is 2. The second-order valence-electron chi connectivity index (χ2n) is 5.21. The normalized spacial score (nSPS) is 11.8. The number of aromatic hydroxyl groups is 1. The highest BCUT2D eigenvalue weighted by molar-refractivity contribution is 7.89. The number of hydrogen-bond acceptors (Lipinski definition) is 3. The van der Waals surface area contributed by atoms with Crippen LogP contribution in [0.5, 0.6) is 5.75 Å². The standard InChI is InChI=1S/C16H19NO3S/c1-12(2)14-5-3-13(4-6-14)11-17-21(19,20)16-9-7-15(18)8-10-16/h3-10,12,17-18H,11H2,1-2H3. The Balaban J connectivity index is 2.06. The molecule has 5 heteroatoms. The van der Waals surface area contributed by atoms with E-state index in [-0.39, 0.29) is 17.2 Å². The van der Waals surface area contributed by atoms with Gasteiger partial charge in [-0.1, -0.05) is 38.1 Å². The summed E-state index contributed by atoms with van der Waals surface area (Å²) in [6, 6.07) is 13.3. The van der Waals surface area contributed by atoms with Crippen LogP contribution in [0.2, 0.25) is 0 Å². The third kappa shape index (κ3) is 4.06. The van der Waals surface area contributed by atoms with E-state index in [2.05, 4.69) is 18.6 Å². The molecule has 0 spiro atoms. The first kappa shape index (κ1) is 15.5. The van der Waals surface area contributed by atoms with E-state index >= 15 is 0 Å². The fourth-order valence-corrected chi connectivity index (χ4v) is 2.93. The lowest BCUT2D eigenvalue weighted by molar-refractivity contribution is 0.474. The SMILES string of the molecule is CC(C)c1ccc(CNS(=O)(=O)c2ccc(O)cc2)cc1.